The number of carbonyl (C=O) groups is 2. The summed E-state index contributed by atoms with van der Waals surface area (Å²) < 4.78 is 41.0. The number of hydrogen-bond donors (Lipinski definition) is 2. The third-order valence-electron chi connectivity index (χ3n) is 2.80. The molecule has 2 rings (SSSR count). The lowest BCUT2D eigenvalue weighted by atomic mass is 10.1. The fraction of sp³-hybridized carbons (Fsp3) is 0.167. The summed E-state index contributed by atoms with van der Waals surface area (Å²) in [6, 6.07) is 1.48. The van der Waals surface area contributed by atoms with Gasteiger partial charge in [0.15, 0.2) is 23.1 Å². The van der Waals surface area contributed by atoms with E-state index in [0.29, 0.717) is 6.07 Å². The van der Waals surface area contributed by atoms with Crippen molar-refractivity contribution in [2.24, 2.45) is 0 Å². The van der Waals surface area contributed by atoms with Gasteiger partial charge >= 0.3 is 5.97 Å². The summed E-state index contributed by atoms with van der Waals surface area (Å²) in [5.41, 5.74) is -1.69. The number of carboxylic acid groups (broad SMARTS) is 1. The minimum atomic E-state index is -1.76. The van der Waals surface area contributed by atoms with E-state index in [1.807, 2.05) is 0 Å². The molecule has 0 radical (unpaired) electrons. The van der Waals surface area contributed by atoms with Gasteiger partial charge in [-0.2, -0.15) is 0 Å². The van der Waals surface area contributed by atoms with Gasteiger partial charge in [0.2, 0.25) is 5.91 Å². The number of nitrogens with zero attached hydrogens (tertiary/aromatic N) is 3. The predicted octanol–water partition coefficient (Wildman–Crippen LogP) is 0.807. The van der Waals surface area contributed by atoms with Gasteiger partial charge in [0, 0.05) is 12.6 Å². The second-order valence-corrected chi connectivity index (χ2v) is 4.15. The molecule has 0 saturated heterocycles. The summed E-state index contributed by atoms with van der Waals surface area (Å²) in [4.78, 5) is 22.5. The summed E-state index contributed by atoms with van der Waals surface area (Å²) in [5.74, 6) is -6.90. The van der Waals surface area contributed by atoms with E-state index in [9.17, 15) is 22.8 Å². The highest BCUT2D eigenvalue weighted by Gasteiger charge is 2.26. The highest BCUT2D eigenvalue weighted by molar-refractivity contribution is 5.93. The van der Waals surface area contributed by atoms with Crippen molar-refractivity contribution in [3.8, 4) is 11.3 Å². The maximum atomic E-state index is 13.9. The lowest BCUT2D eigenvalue weighted by molar-refractivity contribution is -0.121. The maximum absolute atomic E-state index is 13.9. The normalized spacial score (nSPS) is 10.5. The molecule has 1 amide bonds. The van der Waals surface area contributed by atoms with Crippen LogP contribution in [0.15, 0.2) is 12.1 Å². The Balaban J connectivity index is 2.67. The number of aromatic nitrogens is 3. The average molecular weight is 314 g/mol. The molecule has 1 aromatic heterocycles. The van der Waals surface area contributed by atoms with Crippen LogP contribution in [-0.2, 0) is 11.3 Å². The fourth-order valence-electron chi connectivity index (χ4n) is 1.76. The molecule has 1 heterocycles. The van der Waals surface area contributed by atoms with E-state index in [1.54, 1.807) is 0 Å². The van der Waals surface area contributed by atoms with E-state index in [4.69, 9.17) is 5.11 Å². The van der Waals surface area contributed by atoms with Gasteiger partial charge in [0.25, 0.3) is 0 Å². The van der Waals surface area contributed by atoms with Gasteiger partial charge in [-0.3, -0.25) is 4.79 Å². The summed E-state index contributed by atoms with van der Waals surface area (Å²) in [6.45, 7) is -0.468. The van der Waals surface area contributed by atoms with Crippen LogP contribution in [0, 0.1) is 17.5 Å². The Morgan fingerprint density at radius 1 is 1.27 bits per heavy atom. The zero-order valence-corrected chi connectivity index (χ0v) is 11.1. The van der Waals surface area contributed by atoms with Crippen LogP contribution in [0.2, 0.25) is 0 Å². The summed E-state index contributed by atoms with van der Waals surface area (Å²) in [6.07, 6.45) is 0. The first-order valence-corrected chi connectivity index (χ1v) is 5.88. The van der Waals surface area contributed by atoms with Crippen molar-refractivity contribution in [1.29, 1.82) is 0 Å². The van der Waals surface area contributed by atoms with Gasteiger partial charge in [-0.05, 0) is 12.1 Å². The summed E-state index contributed by atoms with van der Waals surface area (Å²) in [7, 11) is 1.33. The fourth-order valence-corrected chi connectivity index (χ4v) is 1.76. The molecular formula is C12H9F3N4O3. The number of carboxylic acids is 1. The van der Waals surface area contributed by atoms with Crippen LogP contribution in [0.4, 0.5) is 13.2 Å². The molecule has 2 aromatic rings. The van der Waals surface area contributed by atoms with Crippen LogP contribution in [-0.4, -0.2) is 39.0 Å². The number of halogens is 3. The minimum absolute atomic E-state index is 0.437. The number of hydrogen-bond acceptors (Lipinski definition) is 4. The molecule has 22 heavy (non-hydrogen) atoms. The molecule has 1 aromatic carbocycles. The standard InChI is InChI=1S/C12H9F3N4O3/c1-16-7(20)4-19-11(10(12(21)22)17-18-19)5-2-3-6(13)9(15)8(5)14/h2-3H,4H2,1H3,(H,16,20)(H,21,22). The number of benzene rings is 1. The van der Waals surface area contributed by atoms with Crippen LogP contribution in [0.1, 0.15) is 10.5 Å². The predicted molar refractivity (Wildman–Crippen MR) is 66.4 cm³/mol. The minimum Gasteiger partial charge on any atom is -0.476 e. The third kappa shape index (κ3) is 2.62. The first-order valence-electron chi connectivity index (χ1n) is 5.88. The molecule has 10 heteroatoms. The van der Waals surface area contributed by atoms with Crippen molar-refractivity contribution in [3.63, 3.8) is 0 Å². The van der Waals surface area contributed by atoms with Gasteiger partial charge in [0.05, 0.1) is 0 Å². The van der Waals surface area contributed by atoms with Crippen LogP contribution in [0.3, 0.4) is 0 Å². The molecule has 116 valence electrons. The molecule has 0 spiro atoms. The number of carbonyl (C=O) groups excluding carboxylic acids is 1. The molecule has 0 bridgehead atoms. The molecule has 0 unspecified atom stereocenters. The molecule has 0 atom stereocenters. The Kier molecular flexibility index (Phi) is 4.11. The van der Waals surface area contributed by atoms with Gasteiger partial charge in [0.1, 0.15) is 12.2 Å². The molecule has 0 aliphatic carbocycles. The monoisotopic (exact) mass is 314 g/mol. The van der Waals surface area contributed by atoms with E-state index in [2.05, 4.69) is 15.6 Å². The largest absolute Gasteiger partial charge is 0.476 e. The molecule has 0 saturated carbocycles. The van der Waals surface area contributed by atoms with E-state index in [1.165, 1.54) is 7.05 Å². The van der Waals surface area contributed by atoms with E-state index in [-0.39, 0.29) is 0 Å². The highest BCUT2D eigenvalue weighted by atomic mass is 19.2. The van der Waals surface area contributed by atoms with Gasteiger partial charge in [-0.1, -0.05) is 5.21 Å². The molecule has 0 aliphatic heterocycles. The second-order valence-electron chi connectivity index (χ2n) is 4.15. The SMILES string of the molecule is CNC(=O)Cn1nnc(C(=O)O)c1-c1ccc(F)c(F)c1F. The molecule has 7 nitrogen and oxygen atoms in total. The van der Waals surface area contributed by atoms with E-state index < -0.39 is 52.8 Å². The van der Waals surface area contributed by atoms with Crippen LogP contribution in [0.25, 0.3) is 11.3 Å². The highest BCUT2D eigenvalue weighted by Crippen LogP contribution is 2.28. The summed E-state index contributed by atoms with van der Waals surface area (Å²) in [5, 5.41) is 18.1. The van der Waals surface area contributed by atoms with Crippen molar-refractivity contribution in [2.45, 2.75) is 6.54 Å². The summed E-state index contributed by atoms with van der Waals surface area (Å²) >= 11 is 0. The third-order valence-corrected chi connectivity index (χ3v) is 2.80. The Morgan fingerprint density at radius 2 is 1.95 bits per heavy atom. The maximum Gasteiger partial charge on any atom is 0.358 e. The van der Waals surface area contributed by atoms with Gasteiger partial charge < -0.3 is 10.4 Å². The smallest absolute Gasteiger partial charge is 0.358 e. The lowest BCUT2D eigenvalue weighted by Gasteiger charge is -2.08. The van der Waals surface area contributed by atoms with Crippen molar-refractivity contribution in [2.75, 3.05) is 7.05 Å². The topological polar surface area (TPSA) is 97.1 Å². The Labute approximate surface area is 121 Å². The Morgan fingerprint density at radius 3 is 2.55 bits per heavy atom. The Bertz CT molecular complexity index is 760. The van der Waals surface area contributed by atoms with Crippen molar-refractivity contribution < 1.29 is 27.9 Å². The Hall–Kier alpha value is -2.91. The number of aromatic carboxylic acids is 1. The van der Waals surface area contributed by atoms with Crippen LogP contribution >= 0.6 is 0 Å². The van der Waals surface area contributed by atoms with Crippen LogP contribution < -0.4 is 5.32 Å². The number of rotatable bonds is 4. The van der Waals surface area contributed by atoms with Crippen molar-refractivity contribution in [1.82, 2.24) is 20.3 Å². The van der Waals surface area contributed by atoms with Crippen molar-refractivity contribution in [3.05, 3.63) is 35.3 Å². The lowest BCUT2D eigenvalue weighted by Crippen LogP contribution is -2.24. The van der Waals surface area contributed by atoms with Crippen LogP contribution in [0.5, 0.6) is 0 Å². The zero-order valence-electron chi connectivity index (χ0n) is 11.1. The average Bonchev–Trinajstić information content (AvgIpc) is 2.88. The molecule has 0 aliphatic rings. The van der Waals surface area contributed by atoms with Crippen molar-refractivity contribution >= 4 is 11.9 Å². The zero-order chi connectivity index (χ0) is 16.4. The molecule has 0 fully saturated rings. The molecular weight excluding hydrogens is 305 g/mol. The van der Waals surface area contributed by atoms with Gasteiger partial charge in [-0.25, -0.2) is 22.6 Å². The number of amides is 1. The first kappa shape index (κ1) is 15.5. The quantitative estimate of drug-likeness (QED) is 0.814. The van der Waals surface area contributed by atoms with Gasteiger partial charge in [-0.15, -0.1) is 5.10 Å². The second kappa shape index (κ2) is 5.84. The number of likely N-dealkylation sites (N-methyl/N-ethyl adjacent to an activating group) is 1. The van der Waals surface area contributed by atoms with E-state index in [0.717, 1.165) is 10.7 Å². The van der Waals surface area contributed by atoms with E-state index >= 15 is 0 Å². The first-order chi connectivity index (χ1) is 10.4. The number of nitrogens with one attached hydrogen (secondary N) is 1. The molecule has 2 N–H and O–H groups in total.